The van der Waals surface area contributed by atoms with Gasteiger partial charge in [-0.05, 0) is 86.9 Å². The highest BCUT2D eigenvalue weighted by molar-refractivity contribution is 5.99. The maximum Gasteiger partial charge on any atom is 0.335 e. The molecule has 1 aliphatic carbocycles. The molecule has 1 amide bonds. The van der Waals surface area contributed by atoms with E-state index in [0.29, 0.717) is 17.5 Å². The Labute approximate surface area is 218 Å². The van der Waals surface area contributed by atoms with Gasteiger partial charge in [0.05, 0.1) is 11.3 Å². The zero-order valence-corrected chi connectivity index (χ0v) is 21.6. The van der Waals surface area contributed by atoms with Crippen molar-refractivity contribution in [1.82, 2.24) is 14.4 Å². The van der Waals surface area contributed by atoms with Crippen molar-refractivity contribution in [2.45, 2.75) is 69.9 Å². The van der Waals surface area contributed by atoms with Crippen molar-refractivity contribution in [2.24, 2.45) is 0 Å². The lowest BCUT2D eigenvalue weighted by atomic mass is 9.91. The largest absolute Gasteiger partial charge is 0.478 e. The number of fused-ring (bicyclic) bond motifs is 1. The molecule has 37 heavy (non-hydrogen) atoms. The highest BCUT2D eigenvalue weighted by Crippen LogP contribution is 2.45. The number of rotatable bonds is 6. The zero-order chi connectivity index (χ0) is 25.4. The van der Waals surface area contributed by atoms with Crippen molar-refractivity contribution < 1.29 is 14.7 Å². The standard InChI is InChI=1S/C31H37N3O3/c35-28(33-18-14-25(15-19-33)32-16-6-7-17-32)21-34-27-13-12-24(31(36)37)20-26(27)29(22-8-4-5-9-22)30(34)23-10-2-1-3-11-23/h1-3,10-13,20,22,25H,4-9,14-19,21H2,(H,36,37). The van der Waals surface area contributed by atoms with Crippen LogP contribution in [0.25, 0.3) is 22.2 Å². The van der Waals surface area contributed by atoms with Crippen LogP contribution >= 0.6 is 0 Å². The number of carbonyl (C=O) groups is 2. The Kier molecular flexibility index (Phi) is 6.76. The van der Waals surface area contributed by atoms with Crippen molar-refractivity contribution in [3.63, 3.8) is 0 Å². The lowest BCUT2D eigenvalue weighted by molar-refractivity contribution is -0.133. The molecule has 3 aliphatic rings. The smallest absolute Gasteiger partial charge is 0.335 e. The van der Waals surface area contributed by atoms with E-state index in [1.165, 1.54) is 44.3 Å². The molecule has 1 N–H and O–H groups in total. The Morgan fingerprint density at radius 2 is 1.54 bits per heavy atom. The maximum atomic E-state index is 13.7. The minimum absolute atomic E-state index is 0.161. The van der Waals surface area contributed by atoms with Gasteiger partial charge in [-0.3, -0.25) is 4.79 Å². The van der Waals surface area contributed by atoms with E-state index in [-0.39, 0.29) is 12.5 Å². The summed E-state index contributed by atoms with van der Waals surface area (Å²) in [7, 11) is 0. The first-order valence-corrected chi connectivity index (χ1v) is 14.1. The van der Waals surface area contributed by atoms with Crippen LogP contribution in [-0.4, -0.2) is 63.6 Å². The first-order chi connectivity index (χ1) is 18.1. The third-order valence-electron chi connectivity index (χ3n) is 8.93. The number of carboxylic acids is 1. The summed E-state index contributed by atoms with van der Waals surface area (Å²) in [6.07, 6.45) is 9.30. The molecule has 6 rings (SSSR count). The molecule has 0 radical (unpaired) electrons. The molecule has 2 aliphatic heterocycles. The topological polar surface area (TPSA) is 65.8 Å². The quantitative estimate of drug-likeness (QED) is 0.469. The SMILES string of the molecule is O=C(O)c1ccc2c(c1)c(C1CCCC1)c(-c1ccccc1)n2CC(=O)N1CCC(N2CCCC2)CC1. The first kappa shape index (κ1) is 24.2. The molecule has 0 spiro atoms. The number of likely N-dealkylation sites (tertiary alicyclic amines) is 2. The van der Waals surface area contributed by atoms with Gasteiger partial charge in [0.2, 0.25) is 5.91 Å². The number of piperidine rings is 1. The molecule has 2 saturated heterocycles. The van der Waals surface area contributed by atoms with Gasteiger partial charge in [-0.15, -0.1) is 0 Å². The van der Waals surface area contributed by atoms with E-state index in [1.54, 1.807) is 6.07 Å². The van der Waals surface area contributed by atoms with Crippen LogP contribution in [-0.2, 0) is 11.3 Å². The zero-order valence-electron chi connectivity index (χ0n) is 21.6. The van der Waals surface area contributed by atoms with Crippen LogP contribution in [0.1, 0.15) is 73.2 Å². The number of hydrogen-bond donors (Lipinski definition) is 1. The number of aromatic nitrogens is 1. The van der Waals surface area contributed by atoms with Crippen LogP contribution in [0.15, 0.2) is 48.5 Å². The third kappa shape index (κ3) is 4.68. The Morgan fingerprint density at radius 1 is 0.838 bits per heavy atom. The molecule has 194 valence electrons. The normalized spacial score (nSPS) is 19.7. The highest BCUT2D eigenvalue weighted by Gasteiger charge is 2.31. The molecule has 6 nitrogen and oxygen atoms in total. The van der Waals surface area contributed by atoms with Crippen LogP contribution in [0, 0.1) is 0 Å². The molecule has 1 aromatic heterocycles. The van der Waals surface area contributed by atoms with E-state index < -0.39 is 5.97 Å². The minimum Gasteiger partial charge on any atom is -0.478 e. The van der Waals surface area contributed by atoms with E-state index in [4.69, 9.17) is 0 Å². The number of carboxylic acid groups (broad SMARTS) is 1. The average molecular weight is 500 g/mol. The average Bonchev–Trinajstić information content (AvgIpc) is 3.70. The molecule has 1 saturated carbocycles. The van der Waals surface area contributed by atoms with Crippen molar-refractivity contribution in [1.29, 1.82) is 0 Å². The van der Waals surface area contributed by atoms with E-state index in [2.05, 4.69) is 21.6 Å². The molecule has 0 atom stereocenters. The predicted molar refractivity (Wildman–Crippen MR) is 146 cm³/mol. The molecule has 3 fully saturated rings. The number of hydrogen-bond acceptors (Lipinski definition) is 3. The lowest BCUT2D eigenvalue weighted by Crippen LogP contribution is -2.46. The molecular formula is C31H37N3O3. The van der Waals surface area contributed by atoms with Gasteiger partial charge in [0.25, 0.3) is 0 Å². The number of amides is 1. The van der Waals surface area contributed by atoms with Gasteiger partial charge in [-0.1, -0.05) is 43.2 Å². The molecule has 3 aromatic rings. The fraction of sp³-hybridized carbons (Fsp3) is 0.484. The van der Waals surface area contributed by atoms with Crippen molar-refractivity contribution in [3.8, 4) is 11.3 Å². The summed E-state index contributed by atoms with van der Waals surface area (Å²) in [5, 5.41) is 10.7. The number of benzene rings is 2. The molecule has 0 bridgehead atoms. The molecule has 2 aromatic carbocycles. The van der Waals surface area contributed by atoms with Crippen LogP contribution in [0.2, 0.25) is 0 Å². The van der Waals surface area contributed by atoms with Gasteiger partial charge in [0.1, 0.15) is 6.54 Å². The Hall–Kier alpha value is -3.12. The van der Waals surface area contributed by atoms with Crippen LogP contribution in [0.3, 0.4) is 0 Å². The van der Waals surface area contributed by atoms with Gasteiger partial charge in [0.15, 0.2) is 0 Å². The highest BCUT2D eigenvalue weighted by atomic mass is 16.4. The Balaban J connectivity index is 1.37. The van der Waals surface area contributed by atoms with E-state index in [0.717, 1.165) is 60.9 Å². The summed E-state index contributed by atoms with van der Waals surface area (Å²) in [6.45, 7) is 4.33. The second-order valence-electron chi connectivity index (χ2n) is 11.1. The van der Waals surface area contributed by atoms with E-state index in [1.807, 2.05) is 35.2 Å². The first-order valence-electron chi connectivity index (χ1n) is 14.1. The van der Waals surface area contributed by atoms with Crippen LogP contribution in [0.5, 0.6) is 0 Å². The van der Waals surface area contributed by atoms with Crippen LogP contribution < -0.4 is 0 Å². The predicted octanol–water partition coefficient (Wildman–Crippen LogP) is 5.75. The van der Waals surface area contributed by atoms with Gasteiger partial charge in [-0.2, -0.15) is 0 Å². The summed E-state index contributed by atoms with van der Waals surface area (Å²) in [5.74, 6) is -0.367. The second-order valence-corrected chi connectivity index (χ2v) is 11.1. The van der Waals surface area contributed by atoms with E-state index >= 15 is 0 Å². The number of carbonyl (C=O) groups excluding carboxylic acids is 1. The third-order valence-corrected chi connectivity index (χ3v) is 8.93. The van der Waals surface area contributed by atoms with E-state index in [9.17, 15) is 14.7 Å². The molecule has 3 heterocycles. The molecular weight excluding hydrogens is 462 g/mol. The van der Waals surface area contributed by atoms with Gasteiger partial charge in [0, 0.05) is 30.0 Å². The maximum absolute atomic E-state index is 13.7. The monoisotopic (exact) mass is 499 g/mol. The Morgan fingerprint density at radius 3 is 2.22 bits per heavy atom. The van der Waals surface area contributed by atoms with Crippen molar-refractivity contribution in [3.05, 3.63) is 59.7 Å². The number of aromatic carboxylic acids is 1. The fourth-order valence-corrected chi connectivity index (χ4v) is 7.04. The summed E-state index contributed by atoms with van der Waals surface area (Å²) in [4.78, 5) is 30.3. The number of nitrogens with zero attached hydrogens (tertiary/aromatic N) is 3. The van der Waals surface area contributed by atoms with Crippen molar-refractivity contribution in [2.75, 3.05) is 26.2 Å². The van der Waals surface area contributed by atoms with Gasteiger partial charge < -0.3 is 19.5 Å². The van der Waals surface area contributed by atoms with Crippen LogP contribution in [0.4, 0.5) is 0 Å². The minimum atomic E-state index is -0.912. The summed E-state index contributed by atoms with van der Waals surface area (Å²) >= 11 is 0. The lowest BCUT2D eigenvalue weighted by Gasteiger charge is -2.36. The molecule has 6 heteroatoms. The summed E-state index contributed by atoms with van der Waals surface area (Å²) < 4.78 is 2.18. The van der Waals surface area contributed by atoms with Gasteiger partial charge in [-0.25, -0.2) is 4.79 Å². The summed E-state index contributed by atoms with van der Waals surface area (Å²) in [6, 6.07) is 16.4. The molecule has 0 unspecified atom stereocenters. The second kappa shape index (κ2) is 10.3. The van der Waals surface area contributed by atoms with Crippen molar-refractivity contribution >= 4 is 22.8 Å². The summed E-state index contributed by atoms with van der Waals surface area (Å²) in [5.41, 5.74) is 4.68. The Bertz CT molecular complexity index is 1280. The fourth-order valence-electron chi connectivity index (χ4n) is 7.04. The van der Waals surface area contributed by atoms with Gasteiger partial charge >= 0.3 is 5.97 Å².